The van der Waals surface area contributed by atoms with Gasteiger partial charge in [0.1, 0.15) is 11.2 Å². The lowest BCUT2D eigenvalue weighted by Crippen LogP contribution is -2.40. The van der Waals surface area contributed by atoms with E-state index >= 15 is 9.59 Å². The average molecular weight is 854 g/mol. The van der Waals surface area contributed by atoms with Gasteiger partial charge >= 0.3 is 0 Å². The van der Waals surface area contributed by atoms with E-state index in [1.165, 1.54) is 27.8 Å². The summed E-state index contributed by atoms with van der Waals surface area (Å²) in [6, 6.07) is 46.2. The third-order valence-corrected chi connectivity index (χ3v) is 18.2. The zero-order chi connectivity index (χ0) is 44.6. The van der Waals surface area contributed by atoms with Crippen LogP contribution in [-0.2, 0) is 16.2 Å². The van der Waals surface area contributed by atoms with Crippen molar-refractivity contribution in [3.05, 3.63) is 183 Å². The number of nitrogens with zero attached hydrogens (tertiary/aromatic N) is 1. The molecule has 0 N–H and O–H groups in total. The second-order valence-electron chi connectivity index (χ2n) is 21.5. The number of Topliss-reactive ketones (excluding diaryl/α,β-unsaturated/α-hetero) is 2. The van der Waals surface area contributed by atoms with Gasteiger partial charge in [0.2, 0.25) is 0 Å². The fourth-order valence-corrected chi connectivity index (χ4v) is 14.6. The van der Waals surface area contributed by atoms with E-state index < -0.39 is 16.2 Å². The molecule has 4 bridgehead atoms. The molecular weight excluding hydrogens is 807 g/mol. The molecule has 1 saturated carbocycles. The lowest BCUT2D eigenvalue weighted by atomic mass is 9.59. The fraction of sp³-hybridized carbons (Fsp3) is 0.226. The first-order valence-corrected chi connectivity index (χ1v) is 23.8. The first-order chi connectivity index (χ1) is 31.9. The van der Waals surface area contributed by atoms with Crippen LogP contribution in [-0.4, -0.2) is 16.0 Å². The number of hydrogen-bond acceptors (Lipinski definition) is 3. The number of benzene rings is 8. The molecule has 0 amide bonds. The molecule has 0 aliphatic heterocycles. The van der Waals surface area contributed by atoms with E-state index in [0.717, 1.165) is 135 Å². The Labute approximate surface area is 382 Å². The summed E-state index contributed by atoms with van der Waals surface area (Å²) in [6.45, 7) is 13.5. The van der Waals surface area contributed by atoms with E-state index in [4.69, 9.17) is 4.42 Å². The van der Waals surface area contributed by atoms with Crippen molar-refractivity contribution in [2.24, 2.45) is 5.41 Å². The normalized spacial score (nSPS) is 24.3. The topological polar surface area (TPSA) is 51.7 Å². The number of ketones is 2. The molecule has 6 aliphatic carbocycles. The van der Waals surface area contributed by atoms with E-state index in [2.05, 4.69) is 173 Å². The summed E-state index contributed by atoms with van der Waals surface area (Å²) in [4.78, 5) is 31.0. The van der Waals surface area contributed by atoms with Gasteiger partial charge in [0, 0.05) is 59.8 Å². The van der Waals surface area contributed by atoms with Crippen LogP contribution < -0.4 is 0 Å². The number of carbonyl (C=O) groups excluding carboxylic acids is 2. The molecule has 17 rings (SSSR count). The van der Waals surface area contributed by atoms with Gasteiger partial charge in [-0.15, -0.1) is 0 Å². The maximum Gasteiger partial charge on any atom is 0.177 e. The van der Waals surface area contributed by atoms with Crippen molar-refractivity contribution in [1.29, 1.82) is 0 Å². The van der Waals surface area contributed by atoms with Gasteiger partial charge in [0.25, 0.3) is 0 Å². The van der Waals surface area contributed by atoms with E-state index in [1.807, 2.05) is 0 Å². The summed E-state index contributed by atoms with van der Waals surface area (Å²) in [7, 11) is 0. The van der Waals surface area contributed by atoms with Gasteiger partial charge in [-0.1, -0.05) is 111 Å². The fourth-order valence-electron chi connectivity index (χ4n) is 14.6. The zero-order valence-corrected chi connectivity index (χ0v) is 38.1. The molecule has 0 radical (unpaired) electrons. The highest BCUT2D eigenvalue weighted by Gasteiger charge is 2.55. The molecule has 0 saturated heterocycles. The van der Waals surface area contributed by atoms with E-state index in [1.54, 1.807) is 0 Å². The Morgan fingerprint density at radius 2 is 1.02 bits per heavy atom. The summed E-state index contributed by atoms with van der Waals surface area (Å²) >= 11 is 0. The van der Waals surface area contributed by atoms with Crippen molar-refractivity contribution in [2.45, 2.75) is 83.5 Å². The molecular formula is C62H47NO3. The molecule has 4 nitrogen and oxygen atoms in total. The Bertz CT molecular complexity index is 4050. The number of aromatic nitrogens is 1. The summed E-state index contributed by atoms with van der Waals surface area (Å²) < 4.78 is 9.94. The van der Waals surface area contributed by atoms with Crippen molar-refractivity contribution >= 4 is 82.4 Å². The van der Waals surface area contributed by atoms with Gasteiger partial charge in [-0.2, -0.15) is 0 Å². The number of carbonyl (C=O) groups is 2. The molecule has 8 aromatic carbocycles. The molecule has 3 heterocycles. The SMILES string of the molecule is Cc1cccc(C)c1-c1c2oc3cccc4cccc(c43)c2c2c3cc4c(cc3n3c5cc6c(cc5c1c23)C1(C)c2ccccc2C(C)(C6=O)c2ccccc21)C(=O)C1(C)CCC4(C)CC1. The van der Waals surface area contributed by atoms with Gasteiger partial charge < -0.3 is 8.82 Å². The molecule has 0 spiro atoms. The third kappa shape index (κ3) is 4.01. The maximum atomic E-state index is 16.0. The van der Waals surface area contributed by atoms with Crippen LogP contribution in [0, 0.1) is 19.3 Å². The average Bonchev–Trinajstić information content (AvgIpc) is 3.76. The van der Waals surface area contributed by atoms with Crippen LogP contribution in [0.5, 0.6) is 0 Å². The molecule has 66 heavy (non-hydrogen) atoms. The quantitative estimate of drug-likeness (QED) is 0.122. The molecule has 11 aromatic rings. The molecule has 3 aromatic heterocycles. The Morgan fingerprint density at radius 3 is 1.67 bits per heavy atom. The number of fused-ring (bicyclic) bond motifs is 11. The lowest BCUT2D eigenvalue weighted by molar-refractivity contribution is 0.0731. The first kappa shape index (κ1) is 37.2. The van der Waals surface area contributed by atoms with E-state index in [0.29, 0.717) is 0 Å². The lowest BCUT2D eigenvalue weighted by Gasteiger charge is -2.43. The second-order valence-corrected chi connectivity index (χ2v) is 21.5. The van der Waals surface area contributed by atoms with Gasteiger partial charge in [0.05, 0.1) is 22.0 Å². The van der Waals surface area contributed by atoms with Gasteiger partial charge in [-0.25, -0.2) is 0 Å². The number of rotatable bonds is 1. The number of hydrogen-bond donors (Lipinski definition) is 0. The maximum absolute atomic E-state index is 16.0. The van der Waals surface area contributed by atoms with Gasteiger partial charge in [0.15, 0.2) is 11.6 Å². The van der Waals surface area contributed by atoms with Crippen molar-refractivity contribution in [3.63, 3.8) is 0 Å². The van der Waals surface area contributed by atoms with Crippen LogP contribution in [0.3, 0.4) is 0 Å². The molecule has 0 atom stereocenters. The minimum Gasteiger partial charge on any atom is -0.455 e. The Balaban J connectivity index is 1.24. The summed E-state index contributed by atoms with van der Waals surface area (Å²) in [5.74, 6) is 0.383. The molecule has 6 aliphatic rings. The first-order valence-electron chi connectivity index (χ1n) is 23.8. The summed E-state index contributed by atoms with van der Waals surface area (Å²) in [6.07, 6.45) is 3.77. The predicted octanol–water partition coefficient (Wildman–Crippen LogP) is 15.4. The highest BCUT2D eigenvalue weighted by Crippen LogP contribution is 2.61. The monoisotopic (exact) mass is 853 g/mol. The van der Waals surface area contributed by atoms with Crippen LogP contribution in [0.4, 0.5) is 0 Å². The van der Waals surface area contributed by atoms with Crippen LogP contribution in [0.2, 0.25) is 0 Å². The third-order valence-electron chi connectivity index (χ3n) is 18.2. The summed E-state index contributed by atoms with van der Waals surface area (Å²) in [5.41, 5.74) is 15.7. The van der Waals surface area contributed by atoms with Crippen LogP contribution in [0.1, 0.15) is 119 Å². The number of aryl methyl sites for hydroxylation is 2. The minimum absolute atomic E-state index is 0.117. The van der Waals surface area contributed by atoms with Crippen molar-refractivity contribution < 1.29 is 14.0 Å². The van der Waals surface area contributed by atoms with Gasteiger partial charge in [-0.05, 0) is 150 Å². The van der Waals surface area contributed by atoms with Gasteiger partial charge in [-0.3, -0.25) is 9.59 Å². The van der Waals surface area contributed by atoms with Crippen molar-refractivity contribution in [2.75, 3.05) is 0 Å². The van der Waals surface area contributed by atoms with Crippen molar-refractivity contribution in [1.82, 2.24) is 4.40 Å². The molecule has 4 heteroatoms. The summed E-state index contributed by atoms with van der Waals surface area (Å²) in [5, 5.41) is 8.96. The molecule has 0 unspecified atom stereocenters. The largest absolute Gasteiger partial charge is 0.455 e. The second kappa shape index (κ2) is 11.7. The van der Waals surface area contributed by atoms with E-state index in [-0.39, 0.29) is 17.0 Å². The highest BCUT2D eigenvalue weighted by atomic mass is 16.3. The molecule has 1 fully saturated rings. The van der Waals surface area contributed by atoms with Crippen LogP contribution in [0.15, 0.2) is 132 Å². The molecule has 318 valence electrons. The van der Waals surface area contributed by atoms with Crippen LogP contribution in [0.25, 0.3) is 81.9 Å². The standard InChI is InChI=1S/C62H47NO3/c1-32-14-11-15-33(2)49(32)54-52-39-29-45-37(58(65)62(6)42-21-9-7-19-40(42)61(45,5)41-20-8-10-22-43(41)62)31-47(39)63-46-30-36-44(59(3)24-26-60(4,27-25-59)57(36)64)28-38(46)51(55(52)63)53-35-18-12-16-34-17-13-23-48(50(34)35)66-56(53)54/h7-23,28-31H,24-27H2,1-6H3. The van der Waals surface area contributed by atoms with Crippen LogP contribution >= 0.6 is 0 Å². The Morgan fingerprint density at radius 1 is 0.470 bits per heavy atom. The minimum atomic E-state index is -0.888. The highest BCUT2D eigenvalue weighted by molar-refractivity contribution is 6.40. The Hall–Kier alpha value is -7.04. The van der Waals surface area contributed by atoms with E-state index in [9.17, 15) is 0 Å². The zero-order valence-electron chi connectivity index (χ0n) is 38.1. The smallest absolute Gasteiger partial charge is 0.177 e. The Kier molecular flexibility index (Phi) is 6.58. The van der Waals surface area contributed by atoms with Crippen molar-refractivity contribution in [3.8, 4) is 11.1 Å². The predicted molar refractivity (Wildman–Crippen MR) is 268 cm³/mol.